The third kappa shape index (κ3) is 4.97. The number of carbonyl (C=O) groups excluding carboxylic acids is 1. The summed E-state index contributed by atoms with van der Waals surface area (Å²) in [6.07, 6.45) is 2.13. The fourth-order valence-electron chi connectivity index (χ4n) is 4.23. The molecule has 164 valence electrons. The highest BCUT2D eigenvalue weighted by Crippen LogP contribution is 2.27. The normalized spacial score (nSPS) is 16.0. The van der Waals surface area contributed by atoms with E-state index in [0.717, 1.165) is 42.1 Å². The lowest BCUT2D eigenvalue weighted by Crippen LogP contribution is -2.55. The summed E-state index contributed by atoms with van der Waals surface area (Å²) >= 11 is 0. The van der Waals surface area contributed by atoms with Gasteiger partial charge in [-0.1, -0.05) is 30.3 Å². The highest BCUT2D eigenvalue weighted by molar-refractivity contribution is 5.89. The van der Waals surface area contributed by atoms with Gasteiger partial charge in [0, 0.05) is 55.4 Å². The van der Waals surface area contributed by atoms with Gasteiger partial charge in [-0.25, -0.2) is 4.39 Å². The largest absolute Gasteiger partial charge is 0.368 e. The quantitative estimate of drug-likeness (QED) is 0.550. The first-order valence-electron chi connectivity index (χ1n) is 10.8. The third-order valence-electron chi connectivity index (χ3n) is 5.88. The summed E-state index contributed by atoms with van der Waals surface area (Å²) in [5.74, 6) is -0.183. The van der Waals surface area contributed by atoms with Gasteiger partial charge in [-0.05, 0) is 54.4 Å². The Bertz CT molecular complexity index is 1080. The van der Waals surface area contributed by atoms with Crippen molar-refractivity contribution in [1.29, 1.82) is 5.41 Å². The Morgan fingerprint density at radius 1 is 1.09 bits per heavy atom. The fourth-order valence-corrected chi connectivity index (χ4v) is 4.23. The lowest BCUT2D eigenvalue weighted by molar-refractivity contribution is -0.131. The Hall–Kier alpha value is -3.67. The maximum Gasteiger partial charge on any atom is 0.219 e. The van der Waals surface area contributed by atoms with E-state index in [4.69, 9.17) is 5.41 Å². The first kappa shape index (κ1) is 21.6. The zero-order valence-electron chi connectivity index (χ0n) is 18.1. The number of hydrogen-bond acceptors (Lipinski definition) is 4. The molecule has 0 aliphatic carbocycles. The minimum absolute atomic E-state index is 0.0871. The smallest absolute Gasteiger partial charge is 0.219 e. The molecule has 0 bridgehead atoms. The maximum absolute atomic E-state index is 13.2. The molecule has 0 saturated carbocycles. The number of nitrogens with one attached hydrogen (secondary N) is 2. The second-order valence-electron chi connectivity index (χ2n) is 8.05. The van der Waals surface area contributed by atoms with Gasteiger partial charge in [0.05, 0.1) is 6.04 Å². The van der Waals surface area contributed by atoms with Crippen LogP contribution in [0.25, 0.3) is 0 Å². The van der Waals surface area contributed by atoms with E-state index in [9.17, 15) is 9.18 Å². The molecule has 1 aliphatic rings. The van der Waals surface area contributed by atoms with Gasteiger partial charge in [-0.2, -0.15) is 0 Å². The van der Waals surface area contributed by atoms with Crippen molar-refractivity contribution in [2.24, 2.45) is 0 Å². The van der Waals surface area contributed by atoms with Gasteiger partial charge in [0.2, 0.25) is 5.91 Å². The number of benzene rings is 3. The first-order valence-corrected chi connectivity index (χ1v) is 10.8. The summed E-state index contributed by atoms with van der Waals surface area (Å²) in [7, 11) is 0. The van der Waals surface area contributed by atoms with Gasteiger partial charge in [0.15, 0.2) is 0 Å². The van der Waals surface area contributed by atoms with Crippen LogP contribution >= 0.6 is 0 Å². The molecule has 0 aromatic heterocycles. The van der Waals surface area contributed by atoms with Crippen LogP contribution in [0.3, 0.4) is 0 Å². The Labute approximate surface area is 188 Å². The predicted octanol–water partition coefficient (Wildman–Crippen LogP) is 4.85. The summed E-state index contributed by atoms with van der Waals surface area (Å²) < 4.78 is 13.2. The zero-order chi connectivity index (χ0) is 22.5. The van der Waals surface area contributed by atoms with E-state index in [-0.39, 0.29) is 17.8 Å². The van der Waals surface area contributed by atoms with E-state index >= 15 is 0 Å². The minimum Gasteiger partial charge on any atom is -0.368 e. The van der Waals surface area contributed by atoms with Crippen LogP contribution < -0.4 is 10.2 Å². The molecule has 32 heavy (non-hydrogen) atoms. The van der Waals surface area contributed by atoms with Gasteiger partial charge < -0.3 is 20.5 Å². The van der Waals surface area contributed by atoms with Gasteiger partial charge in [-0.15, -0.1) is 0 Å². The zero-order valence-corrected chi connectivity index (χ0v) is 18.1. The molecular formula is C26H27FN4O. The van der Waals surface area contributed by atoms with Crippen molar-refractivity contribution < 1.29 is 9.18 Å². The topological polar surface area (TPSA) is 59.4 Å². The van der Waals surface area contributed by atoms with E-state index in [1.807, 2.05) is 41.3 Å². The summed E-state index contributed by atoms with van der Waals surface area (Å²) in [6, 6.07) is 22.5. The maximum atomic E-state index is 13.2. The molecule has 4 rings (SSSR count). The van der Waals surface area contributed by atoms with Crippen molar-refractivity contribution in [1.82, 2.24) is 4.90 Å². The van der Waals surface area contributed by atoms with Crippen LogP contribution in [0.2, 0.25) is 0 Å². The number of rotatable bonds is 6. The lowest BCUT2D eigenvalue weighted by Gasteiger charge is -2.42. The number of amides is 1. The summed E-state index contributed by atoms with van der Waals surface area (Å²) in [5, 5.41) is 11.1. The molecule has 3 aromatic carbocycles. The van der Waals surface area contributed by atoms with Crippen LogP contribution in [-0.2, 0) is 11.2 Å². The molecular weight excluding hydrogens is 403 g/mol. The Morgan fingerprint density at radius 2 is 1.84 bits per heavy atom. The molecule has 0 radical (unpaired) electrons. The Kier molecular flexibility index (Phi) is 6.50. The molecule has 3 aromatic rings. The highest BCUT2D eigenvalue weighted by atomic mass is 19.1. The van der Waals surface area contributed by atoms with E-state index in [0.29, 0.717) is 6.54 Å². The van der Waals surface area contributed by atoms with Gasteiger partial charge in [0.1, 0.15) is 5.82 Å². The van der Waals surface area contributed by atoms with Crippen LogP contribution in [-0.4, -0.2) is 42.7 Å². The second-order valence-corrected chi connectivity index (χ2v) is 8.05. The predicted molar refractivity (Wildman–Crippen MR) is 128 cm³/mol. The van der Waals surface area contributed by atoms with Crippen molar-refractivity contribution in [2.75, 3.05) is 29.9 Å². The minimum atomic E-state index is -0.284. The number of piperazine rings is 1. The molecule has 1 fully saturated rings. The van der Waals surface area contributed by atoms with Crippen molar-refractivity contribution in [3.63, 3.8) is 0 Å². The summed E-state index contributed by atoms with van der Waals surface area (Å²) in [5.41, 5.74) is 4.54. The summed E-state index contributed by atoms with van der Waals surface area (Å²) in [4.78, 5) is 16.5. The average molecular weight is 431 g/mol. The molecule has 6 heteroatoms. The number of anilines is 3. The molecule has 2 N–H and O–H groups in total. The van der Waals surface area contributed by atoms with Crippen LogP contribution in [0.15, 0.2) is 72.8 Å². The molecule has 0 unspecified atom stereocenters. The SMILES string of the molecule is CC(=O)N1CCN(c2ccc(Nc3ccc(F)cc3)c(C=N)c2)C[C@H]1Cc1ccccc1. The van der Waals surface area contributed by atoms with Crippen LogP contribution in [0.4, 0.5) is 21.5 Å². The number of halogens is 1. The van der Waals surface area contributed by atoms with Gasteiger partial charge in [-0.3, -0.25) is 4.79 Å². The Morgan fingerprint density at radius 3 is 2.53 bits per heavy atom. The fraction of sp³-hybridized carbons (Fsp3) is 0.231. The van der Waals surface area contributed by atoms with E-state index in [2.05, 4.69) is 22.3 Å². The highest BCUT2D eigenvalue weighted by Gasteiger charge is 2.29. The number of nitrogens with zero attached hydrogens (tertiary/aromatic N) is 2. The molecule has 1 aliphatic heterocycles. The molecule has 1 atom stereocenters. The first-order chi connectivity index (χ1) is 15.5. The van der Waals surface area contributed by atoms with Gasteiger partial charge >= 0.3 is 0 Å². The number of hydrogen-bond donors (Lipinski definition) is 2. The monoisotopic (exact) mass is 430 g/mol. The van der Waals surface area contributed by atoms with E-state index in [1.54, 1.807) is 19.1 Å². The lowest BCUT2D eigenvalue weighted by atomic mass is 10.0. The van der Waals surface area contributed by atoms with E-state index < -0.39 is 0 Å². The van der Waals surface area contributed by atoms with Crippen LogP contribution in [0, 0.1) is 11.2 Å². The van der Waals surface area contributed by atoms with Crippen LogP contribution in [0.5, 0.6) is 0 Å². The molecule has 5 nitrogen and oxygen atoms in total. The Balaban J connectivity index is 1.53. The molecule has 1 saturated heterocycles. The molecule has 1 heterocycles. The molecule has 1 amide bonds. The average Bonchev–Trinajstić information content (AvgIpc) is 2.81. The summed E-state index contributed by atoms with van der Waals surface area (Å²) in [6.45, 7) is 3.78. The van der Waals surface area contributed by atoms with E-state index in [1.165, 1.54) is 23.9 Å². The van der Waals surface area contributed by atoms with Crippen molar-refractivity contribution in [3.05, 3.63) is 89.7 Å². The van der Waals surface area contributed by atoms with Crippen molar-refractivity contribution >= 4 is 29.2 Å². The third-order valence-corrected chi connectivity index (χ3v) is 5.88. The van der Waals surface area contributed by atoms with Crippen molar-refractivity contribution in [3.8, 4) is 0 Å². The number of carbonyl (C=O) groups is 1. The second kappa shape index (κ2) is 9.64. The van der Waals surface area contributed by atoms with Crippen molar-refractivity contribution in [2.45, 2.75) is 19.4 Å². The van der Waals surface area contributed by atoms with Gasteiger partial charge in [0.25, 0.3) is 0 Å². The standard InChI is InChI=1S/C26H27FN4O/c1-19(32)31-14-13-30(18-25(31)15-20-5-3-2-4-6-20)24-11-12-26(21(16-24)17-28)29-23-9-7-22(27)8-10-23/h2-12,16-17,25,28-29H,13-15,18H2,1H3/t25-/m1/s1. The van der Waals surface area contributed by atoms with Crippen LogP contribution in [0.1, 0.15) is 18.1 Å². The molecule has 0 spiro atoms.